The zero-order valence-electron chi connectivity index (χ0n) is 28.1. The number of carbonyl (C=O) groups is 1. The lowest BCUT2D eigenvalue weighted by Gasteiger charge is -2.44. The van der Waals surface area contributed by atoms with Crippen LogP contribution in [0.2, 0.25) is 0 Å². The van der Waals surface area contributed by atoms with E-state index in [0.29, 0.717) is 61.2 Å². The first-order valence-corrected chi connectivity index (χ1v) is 17.3. The topological polar surface area (TPSA) is 111 Å². The number of aliphatic hydroxyl groups is 1. The molecule has 0 radical (unpaired) electrons. The third-order valence-corrected chi connectivity index (χ3v) is 10.7. The number of fused-ring (bicyclic) bond motifs is 2. The minimum absolute atomic E-state index is 0.0369. The van der Waals surface area contributed by atoms with Gasteiger partial charge in [0.05, 0.1) is 28.9 Å². The van der Waals surface area contributed by atoms with Gasteiger partial charge in [0, 0.05) is 43.5 Å². The molecule has 0 unspecified atom stereocenters. The van der Waals surface area contributed by atoms with Crippen LogP contribution in [-0.4, -0.2) is 80.8 Å². The van der Waals surface area contributed by atoms with Crippen molar-refractivity contribution in [2.24, 2.45) is 0 Å². The lowest BCUT2D eigenvalue weighted by Crippen LogP contribution is -2.53. The second kappa shape index (κ2) is 12.9. The molecule has 10 nitrogen and oxygen atoms in total. The van der Waals surface area contributed by atoms with Crippen molar-refractivity contribution >= 4 is 28.4 Å². The summed E-state index contributed by atoms with van der Waals surface area (Å²) >= 11 is 0. The molecule has 7 rings (SSSR count). The summed E-state index contributed by atoms with van der Waals surface area (Å²) in [5, 5.41) is 21.8. The molecule has 4 aliphatic rings. The number of nitrogens with zero attached hydrogens (tertiary/aromatic N) is 5. The number of amides is 1. The second-order valence-corrected chi connectivity index (χ2v) is 14.6. The number of terminal acetylenes is 1. The maximum absolute atomic E-state index is 15.0. The largest absolute Gasteiger partial charge is 0.508 e. The molecule has 0 bridgehead atoms. The summed E-state index contributed by atoms with van der Waals surface area (Å²) in [5.74, 6) is 2.32. The van der Waals surface area contributed by atoms with E-state index < -0.39 is 29.2 Å². The fraction of sp³-hybridized carbons (Fsp3) is 0.541. The number of ether oxygens (including phenoxy) is 2. The molecule has 260 valence electrons. The van der Waals surface area contributed by atoms with Gasteiger partial charge in [0.2, 0.25) is 0 Å². The molecule has 0 spiro atoms. The Morgan fingerprint density at radius 2 is 1.86 bits per heavy atom. The number of alkyl halides is 1. The third-order valence-electron chi connectivity index (χ3n) is 10.7. The predicted molar refractivity (Wildman–Crippen MR) is 181 cm³/mol. The van der Waals surface area contributed by atoms with Crippen molar-refractivity contribution in [2.75, 3.05) is 36.0 Å². The van der Waals surface area contributed by atoms with Crippen molar-refractivity contribution < 1.29 is 33.3 Å². The molecule has 4 heterocycles. The van der Waals surface area contributed by atoms with Crippen molar-refractivity contribution in [1.29, 1.82) is 0 Å². The molecule has 3 aliphatic heterocycles. The SMILES string of the molecule is C#Cc1c(F)ccc2cc(O)cc(N3Cc4nc(OC[C@]5(C)C[C@@H](F)CN5C5CCC(C)(O)CC5)nc(N5CCCCCC5)c4OC3=O)c12. The van der Waals surface area contributed by atoms with E-state index in [1.165, 1.54) is 29.2 Å². The minimum Gasteiger partial charge on any atom is -0.508 e. The quantitative estimate of drug-likeness (QED) is 0.294. The van der Waals surface area contributed by atoms with E-state index in [2.05, 4.69) is 15.7 Å². The maximum atomic E-state index is 15.0. The first-order valence-electron chi connectivity index (χ1n) is 17.3. The Bertz CT molecular complexity index is 1800. The van der Waals surface area contributed by atoms with Crippen molar-refractivity contribution in [2.45, 2.75) is 102 Å². The molecule has 3 aromatic rings. The van der Waals surface area contributed by atoms with Crippen LogP contribution in [0.3, 0.4) is 0 Å². The molecule has 1 saturated carbocycles. The van der Waals surface area contributed by atoms with Gasteiger partial charge < -0.3 is 24.6 Å². The first kappa shape index (κ1) is 33.3. The summed E-state index contributed by atoms with van der Waals surface area (Å²) in [5.41, 5.74) is -0.790. The molecule has 49 heavy (non-hydrogen) atoms. The van der Waals surface area contributed by atoms with Gasteiger partial charge in [-0.3, -0.25) is 9.80 Å². The van der Waals surface area contributed by atoms with Gasteiger partial charge in [-0.15, -0.1) is 6.42 Å². The van der Waals surface area contributed by atoms with E-state index in [1.54, 1.807) is 0 Å². The number of aromatic nitrogens is 2. The van der Waals surface area contributed by atoms with Gasteiger partial charge in [-0.2, -0.15) is 9.97 Å². The Labute approximate surface area is 285 Å². The van der Waals surface area contributed by atoms with E-state index in [0.717, 1.165) is 38.5 Å². The normalized spacial score (nSPS) is 27.8. The molecular weight excluding hydrogens is 632 g/mol. The van der Waals surface area contributed by atoms with Crippen LogP contribution >= 0.6 is 0 Å². The summed E-state index contributed by atoms with van der Waals surface area (Å²) < 4.78 is 42.2. The number of hydrogen-bond acceptors (Lipinski definition) is 9. The molecule has 3 fully saturated rings. The van der Waals surface area contributed by atoms with Crippen LogP contribution in [0.25, 0.3) is 10.8 Å². The van der Waals surface area contributed by atoms with Crippen molar-refractivity contribution in [3.63, 3.8) is 0 Å². The highest BCUT2D eigenvalue weighted by Crippen LogP contribution is 2.43. The van der Waals surface area contributed by atoms with Gasteiger partial charge in [-0.1, -0.05) is 24.8 Å². The van der Waals surface area contributed by atoms with E-state index in [4.69, 9.17) is 25.9 Å². The van der Waals surface area contributed by atoms with Gasteiger partial charge in [0.15, 0.2) is 11.6 Å². The van der Waals surface area contributed by atoms with Crippen molar-refractivity contribution in [1.82, 2.24) is 14.9 Å². The van der Waals surface area contributed by atoms with Crippen LogP contribution in [0.4, 0.5) is 25.1 Å². The van der Waals surface area contributed by atoms with Gasteiger partial charge >= 0.3 is 12.1 Å². The fourth-order valence-electron chi connectivity index (χ4n) is 8.11. The number of phenolic OH excluding ortho intramolecular Hbond substituents is 1. The summed E-state index contributed by atoms with van der Waals surface area (Å²) in [6, 6.07) is 5.75. The third kappa shape index (κ3) is 6.46. The Morgan fingerprint density at radius 3 is 2.57 bits per heavy atom. The van der Waals surface area contributed by atoms with E-state index in [1.807, 2.05) is 13.8 Å². The zero-order valence-corrected chi connectivity index (χ0v) is 28.1. The van der Waals surface area contributed by atoms with Crippen LogP contribution in [0.5, 0.6) is 17.5 Å². The predicted octanol–water partition coefficient (Wildman–Crippen LogP) is 6.23. The molecule has 2 aromatic carbocycles. The van der Waals surface area contributed by atoms with Crippen molar-refractivity contribution in [3.05, 3.63) is 41.3 Å². The zero-order chi connectivity index (χ0) is 34.5. The summed E-state index contributed by atoms with van der Waals surface area (Å²) in [7, 11) is 0. The number of aromatic hydroxyl groups is 1. The number of phenols is 1. The average Bonchev–Trinajstić information content (AvgIpc) is 3.20. The number of halogens is 2. The number of carbonyl (C=O) groups excluding carboxylic acids is 1. The molecule has 1 amide bonds. The number of rotatable bonds is 6. The number of benzene rings is 2. The van der Waals surface area contributed by atoms with Gasteiger partial charge in [0.25, 0.3) is 0 Å². The van der Waals surface area contributed by atoms with Crippen molar-refractivity contribution in [3.8, 4) is 29.9 Å². The standard InChI is InChI=1S/C37H43F2N5O5/c1-4-27-28(39)10-9-23-17-26(45)18-30(31(23)27)43-21-29-32(49-35(43)46)33(42-15-7-5-6-8-16-42)41-34(40-29)48-22-36(2)19-24(38)20-44(36)25-11-13-37(3,47)14-12-25/h1,9-10,17-18,24-25,45,47H,5-8,11-16,19-22H2,2-3H3/t24-,25?,36+,37?/m1/s1. The Kier molecular flexibility index (Phi) is 8.78. The number of anilines is 2. The molecule has 12 heteroatoms. The summed E-state index contributed by atoms with van der Waals surface area (Å²) in [6.45, 7) is 5.66. The highest BCUT2D eigenvalue weighted by atomic mass is 19.1. The van der Waals surface area contributed by atoms with Crippen LogP contribution in [0.1, 0.15) is 82.9 Å². The van der Waals surface area contributed by atoms with Gasteiger partial charge in [-0.25, -0.2) is 13.6 Å². The molecule has 1 aromatic heterocycles. The van der Waals surface area contributed by atoms with Gasteiger partial charge in [-0.05, 0) is 69.9 Å². The fourth-order valence-corrected chi connectivity index (χ4v) is 8.11. The molecule has 2 saturated heterocycles. The highest BCUT2D eigenvalue weighted by molar-refractivity contribution is 6.06. The van der Waals surface area contributed by atoms with E-state index >= 15 is 4.39 Å². The molecular formula is C37H43F2N5O5. The second-order valence-electron chi connectivity index (χ2n) is 14.6. The molecule has 2 atom stereocenters. The Morgan fingerprint density at radius 1 is 1.12 bits per heavy atom. The summed E-state index contributed by atoms with van der Waals surface area (Å²) in [6.07, 6.45) is 11.2. The minimum atomic E-state index is -1.00. The Balaban J connectivity index is 1.23. The maximum Gasteiger partial charge on any atom is 0.420 e. The average molecular weight is 676 g/mol. The lowest BCUT2D eigenvalue weighted by atomic mass is 9.82. The monoisotopic (exact) mass is 675 g/mol. The number of likely N-dealkylation sites (tertiary alicyclic amines) is 1. The van der Waals surface area contributed by atoms with Crippen LogP contribution < -0.4 is 19.3 Å². The lowest BCUT2D eigenvalue weighted by molar-refractivity contribution is -0.0277. The van der Waals surface area contributed by atoms with E-state index in [-0.39, 0.29) is 48.0 Å². The first-order chi connectivity index (χ1) is 23.4. The van der Waals surface area contributed by atoms with Crippen LogP contribution in [-0.2, 0) is 6.54 Å². The van der Waals surface area contributed by atoms with Gasteiger partial charge in [0.1, 0.15) is 30.0 Å². The van der Waals surface area contributed by atoms with E-state index in [9.17, 15) is 19.4 Å². The summed E-state index contributed by atoms with van der Waals surface area (Å²) in [4.78, 5) is 28.8. The Hall–Kier alpha value is -4.21. The highest BCUT2D eigenvalue weighted by Gasteiger charge is 2.48. The van der Waals surface area contributed by atoms with Crippen LogP contribution in [0, 0.1) is 18.2 Å². The smallest absolute Gasteiger partial charge is 0.420 e. The number of hydrogen-bond donors (Lipinski definition) is 2. The molecule has 2 N–H and O–H groups in total. The van der Waals surface area contributed by atoms with Crippen LogP contribution in [0.15, 0.2) is 24.3 Å². The molecule has 1 aliphatic carbocycles.